The van der Waals surface area contributed by atoms with Crippen molar-refractivity contribution in [3.8, 4) is 5.82 Å². The van der Waals surface area contributed by atoms with Crippen molar-refractivity contribution in [2.45, 2.75) is 25.2 Å². The summed E-state index contributed by atoms with van der Waals surface area (Å²) < 4.78 is 1.92. The van der Waals surface area contributed by atoms with Crippen molar-refractivity contribution in [2.75, 3.05) is 13.1 Å². The second kappa shape index (κ2) is 7.54. The van der Waals surface area contributed by atoms with Gasteiger partial charge in [-0.3, -0.25) is 9.36 Å². The Balaban J connectivity index is 1.23. The molecule has 6 nitrogen and oxygen atoms in total. The molecule has 0 atom stereocenters. The summed E-state index contributed by atoms with van der Waals surface area (Å²) in [6.45, 7) is 1.56. The molecular weight excluding hydrogens is 362 g/mol. The van der Waals surface area contributed by atoms with Gasteiger partial charge in [-0.25, -0.2) is 9.97 Å². The minimum Gasteiger partial charge on any atom is -0.361 e. The van der Waals surface area contributed by atoms with Crippen LogP contribution in [-0.4, -0.2) is 43.4 Å². The van der Waals surface area contributed by atoms with Gasteiger partial charge in [0.1, 0.15) is 12.1 Å². The smallest absolute Gasteiger partial charge is 0.227 e. The zero-order chi connectivity index (χ0) is 19.6. The Morgan fingerprint density at radius 3 is 2.79 bits per heavy atom. The largest absolute Gasteiger partial charge is 0.361 e. The van der Waals surface area contributed by atoms with Crippen LogP contribution in [0.5, 0.6) is 0 Å². The van der Waals surface area contributed by atoms with Gasteiger partial charge in [-0.1, -0.05) is 24.3 Å². The first-order valence-corrected chi connectivity index (χ1v) is 10.1. The van der Waals surface area contributed by atoms with Gasteiger partial charge in [0, 0.05) is 54.2 Å². The summed E-state index contributed by atoms with van der Waals surface area (Å²) in [6.07, 6.45) is 9.71. The molecule has 0 unspecified atom stereocenters. The molecule has 6 heteroatoms. The zero-order valence-electron chi connectivity index (χ0n) is 16.2. The third-order valence-electron chi connectivity index (χ3n) is 5.81. The van der Waals surface area contributed by atoms with E-state index < -0.39 is 0 Å². The number of nitrogens with zero attached hydrogens (tertiary/aromatic N) is 4. The number of hydrogen-bond acceptors (Lipinski definition) is 3. The number of nitrogens with one attached hydrogen (secondary N) is 1. The van der Waals surface area contributed by atoms with Crippen molar-refractivity contribution in [1.82, 2.24) is 24.4 Å². The van der Waals surface area contributed by atoms with Gasteiger partial charge >= 0.3 is 0 Å². The number of aromatic nitrogens is 4. The van der Waals surface area contributed by atoms with Crippen LogP contribution in [0.3, 0.4) is 0 Å². The lowest BCUT2D eigenvalue weighted by molar-refractivity contribution is -0.131. The van der Waals surface area contributed by atoms with E-state index in [2.05, 4.69) is 22.1 Å². The predicted molar refractivity (Wildman–Crippen MR) is 112 cm³/mol. The third-order valence-corrected chi connectivity index (χ3v) is 5.81. The van der Waals surface area contributed by atoms with Crippen molar-refractivity contribution in [1.29, 1.82) is 0 Å². The topological polar surface area (TPSA) is 66.8 Å². The number of imidazole rings is 1. The molecule has 0 bridgehead atoms. The standard InChI is InChI=1S/C23H23N5O/c29-23(14-18-15-25-21-5-2-1-4-19(18)21)27-11-8-17(9-12-27)20-6-3-7-22(26-20)28-13-10-24-16-28/h1-7,10,13,15-17,25H,8-9,11-12,14H2. The molecule has 0 saturated carbocycles. The fourth-order valence-corrected chi connectivity index (χ4v) is 4.18. The normalized spacial score (nSPS) is 15.1. The maximum Gasteiger partial charge on any atom is 0.227 e. The Hall–Kier alpha value is -3.41. The van der Waals surface area contributed by atoms with E-state index in [0.717, 1.165) is 53.9 Å². The molecule has 1 aliphatic rings. The van der Waals surface area contributed by atoms with E-state index in [1.165, 1.54) is 0 Å². The molecule has 1 aromatic carbocycles. The third kappa shape index (κ3) is 3.53. The van der Waals surface area contributed by atoms with Gasteiger partial charge in [0.25, 0.3) is 0 Å². The number of hydrogen-bond donors (Lipinski definition) is 1. The Labute approximate surface area is 169 Å². The van der Waals surface area contributed by atoms with Crippen LogP contribution in [0.2, 0.25) is 0 Å². The van der Waals surface area contributed by atoms with Crippen LogP contribution < -0.4 is 0 Å². The summed E-state index contributed by atoms with van der Waals surface area (Å²) in [5.74, 6) is 1.47. The number of para-hydroxylation sites is 1. The van der Waals surface area contributed by atoms with Gasteiger partial charge in [0.05, 0.1) is 6.42 Å². The number of likely N-dealkylation sites (tertiary alicyclic amines) is 1. The van der Waals surface area contributed by atoms with Crippen LogP contribution in [0.25, 0.3) is 16.7 Å². The number of pyridine rings is 1. The van der Waals surface area contributed by atoms with Crippen LogP contribution in [0, 0.1) is 0 Å². The van der Waals surface area contributed by atoms with Gasteiger partial charge in [-0.05, 0) is 36.6 Å². The first-order valence-electron chi connectivity index (χ1n) is 10.1. The van der Waals surface area contributed by atoms with E-state index >= 15 is 0 Å². The van der Waals surface area contributed by atoms with E-state index in [4.69, 9.17) is 4.98 Å². The molecule has 1 N–H and O–H groups in total. The fourth-order valence-electron chi connectivity index (χ4n) is 4.18. The molecule has 4 aromatic rings. The lowest BCUT2D eigenvalue weighted by Gasteiger charge is -2.32. The van der Waals surface area contributed by atoms with Gasteiger partial charge in [-0.2, -0.15) is 0 Å². The van der Waals surface area contributed by atoms with Crippen LogP contribution in [0.1, 0.15) is 30.0 Å². The number of fused-ring (bicyclic) bond motifs is 1. The first kappa shape index (κ1) is 17.7. The molecule has 1 fully saturated rings. The Kier molecular flexibility index (Phi) is 4.60. The second-order valence-corrected chi connectivity index (χ2v) is 7.58. The zero-order valence-corrected chi connectivity index (χ0v) is 16.2. The van der Waals surface area contributed by atoms with Crippen LogP contribution in [-0.2, 0) is 11.2 Å². The number of benzene rings is 1. The van der Waals surface area contributed by atoms with Gasteiger partial charge in [0.2, 0.25) is 5.91 Å². The highest BCUT2D eigenvalue weighted by atomic mass is 16.2. The number of rotatable bonds is 4. The Morgan fingerprint density at radius 1 is 1.10 bits per heavy atom. The lowest BCUT2D eigenvalue weighted by Crippen LogP contribution is -2.38. The summed E-state index contributed by atoms with van der Waals surface area (Å²) in [5, 5.41) is 1.14. The summed E-state index contributed by atoms with van der Waals surface area (Å²) in [4.78, 5) is 27.0. The minimum atomic E-state index is 0.202. The number of aromatic amines is 1. The molecule has 3 aromatic heterocycles. The molecule has 0 aliphatic carbocycles. The highest BCUT2D eigenvalue weighted by molar-refractivity contribution is 5.88. The van der Waals surface area contributed by atoms with E-state index in [1.807, 2.05) is 52.2 Å². The molecule has 146 valence electrons. The van der Waals surface area contributed by atoms with Gasteiger partial charge in [0.15, 0.2) is 0 Å². The Bertz CT molecular complexity index is 1120. The monoisotopic (exact) mass is 385 g/mol. The minimum absolute atomic E-state index is 0.202. The maximum absolute atomic E-state index is 12.8. The maximum atomic E-state index is 12.8. The van der Waals surface area contributed by atoms with Crippen LogP contribution >= 0.6 is 0 Å². The molecule has 5 rings (SSSR count). The second-order valence-electron chi connectivity index (χ2n) is 7.58. The summed E-state index contributed by atoms with van der Waals surface area (Å²) >= 11 is 0. The predicted octanol–water partition coefficient (Wildman–Crippen LogP) is 3.70. The summed E-state index contributed by atoms with van der Waals surface area (Å²) in [5.41, 5.74) is 3.25. The summed E-state index contributed by atoms with van der Waals surface area (Å²) in [6, 6.07) is 14.3. The molecule has 29 heavy (non-hydrogen) atoms. The molecule has 1 aliphatic heterocycles. The number of carbonyl (C=O) groups excluding carboxylic acids is 1. The van der Waals surface area contributed by atoms with Crippen LogP contribution in [0.15, 0.2) is 67.4 Å². The molecular formula is C23H23N5O. The average molecular weight is 385 g/mol. The van der Waals surface area contributed by atoms with E-state index in [-0.39, 0.29) is 5.91 Å². The number of H-pyrrole nitrogens is 1. The average Bonchev–Trinajstić information content (AvgIpc) is 3.45. The van der Waals surface area contributed by atoms with E-state index in [0.29, 0.717) is 12.3 Å². The molecule has 0 radical (unpaired) electrons. The highest BCUT2D eigenvalue weighted by Crippen LogP contribution is 2.28. The van der Waals surface area contributed by atoms with Crippen LogP contribution in [0.4, 0.5) is 0 Å². The van der Waals surface area contributed by atoms with Crippen molar-refractivity contribution in [3.05, 3.63) is 78.6 Å². The van der Waals surface area contributed by atoms with Gasteiger partial charge in [-0.15, -0.1) is 0 Å². The SMILES string of the molecule is O=C(Cc1c[nH]c2ccccc12)N1CCC(c2cccc(-n3ccnc3)n2)CC1. The molecule has 1 saturated heterocycles. The van der Waals surface area contributed by atoms with Crippen molar-refractivity contribution < 1.29 is 4.79 Å². The fraction of sp³-hybridized carbons (Fsp3) is 0.261. The molecule has 1 amide bonds. The Morgan fingerprint density at radius 2 is 1.97 bits per heavy atom. The highest BCUT2D eigenvalue weighted by Gasteiger charge is 2.25. The van der Waals surface area contributed by atoms with Crippen molar-refractivity contribution in [2.24, 2.45) is 0 Å². The number of carbonyl (C=O) groups is 1. The van der Waals surface area contributed by atoms with E-state index in [9.17, 15) is 4.79 Å². The molecule has 4 heterocycles. The number of piperidine rings is 1. The van der Waals surface area contributed by atoms with E-state index in [1.54, 1.807) is 12.5 Å². The van der Waals surface area contributed by atoms with Crippen molar-refractivity contribution in [3.63, 3.8) is 0 Å². The number of amides is 1. The van der Waals surface area contributed by atoms with Crippen molar-refractivity contribution >= 4 is 16.8 Å². The first-order chi connectivity index (χ1) is 14.3. The summed E-state index contributed by atoms with van der Waals surface area (Å²) in [7, 11) is 0. The molecule has 0 spiro atoms. The lowest BCUT2D eigenvalue weighted by atomic mass is 9.92. The van der Waals surface area contributed by atoms with Gasteiger partial charge < -0.3 is 9.88 Å². The quantitative estimate of drug-likeness (QED) is 0.582.